The molecule has 0 atom stereocenters. The van der Waals surface area contributed by atoms with Gasteiger partial charge in [-0.3, -0.25) is 14.3 Å². The second kappa shape index (κ2) is 10.4. The van der Waals surface area contributed by atoms with Crippen molar-refractivity contribution in [2.45, 2.75) is 33.7 Å². The number of aryl methyl sites for hydroxylation is 2. The zero-order chi connectivity index (χ0) is 29.7. The number of carbonyl (C=O) groups is 2. The van der Waals surface area contributed by atoms with Crippen LogP contribution in [0.3, 0.4) is 0 Å². The predicted molar refractivity (Wildman–Crippen MR) is 156 cm³/mol. The van der Waals surface area contributed by atoms with Crippen LogP contribution in [0.15, 0.2) is 55.0 Å². The number of pyridine rings is 1. The Morgan fingerprint density at radius 3 is 2.50 bits per heavy atom. The molecule has 0 unspecified atom stereocenters. The van der Waals surface area contributed by atoms with Crippen LogP contribution in [0.5, 0.6) is 0 Å². The van der Waals surface area contributed by atoms with E-state index in [9.17, 15) is 18.4 Å². The first-order chi connectivity index (χ1) is 20.2. The van der Waals surface area contributed by atoms with Crippen LogP contribution in [0.2, 0.25) is 0 Å². The molecule has 0 saturated heterocycles. The van der Waals surface area contributed by atoms with Crippen molar-refractivity contribution in [1.29, 1.82) is 0 Å². The standard InChI is InChI=1S/C29H24F2N8O2S/c1-4-38-15(3)18(12-34-38)17-11-20(25(30)31)36-29-22(17)23(24(42-29)26(32)40)37-28(41)19-13-35-39-21(9-10-33-27(19)39)16-7-5-14(2)6-8-16/h5-13,25H,4H2,1-3H3,(H2,32,40)(H,37,41). The predicted octanol–water partition coefficient (Wildman–Crippen LogP) is 5.80. The van der Waals surface area contributed by atoms with E-state index in [2.05, 4.69) is 25.5 Å². The maximum atomic E-state index is 13.9. The van der Waals surface area contributed by atoms with Gasteiger partial charge >= 0.3 is 0 Å². The highest BCUT2D eigenvalue weighted by Crippen LogP contribution is 2.43. The molecule has 0 aliphatic carbocycles. The number of nitrogens with zero attached hydrogens (tertiary/aromatic N) is 6. The second-order valence-corrected chi connectivity index (χ2v) is 10.6. The highest BCUT2D eigenvalue weighted by molar-refractivity contribution is 7.21. The number of amides is 2. The molecule has 5 aromatic heterocycles. The van der Waals surface area contributed by atoms with Crippen LogP contribution in [0, 0.1) is 13.8 Å². The zero-order valence-electron chi connectivity index (χ0n) is 22.7. The van der Waals surface area contributed by atoms with Crippen molar-refractivity contribution >= 4 is 44.7 Å². The smallest absolute Gasteiger partial charge is 0.280 e. The molecule has 42 heavy (non-hydrogen) atoms. The van der Waals surface area contributed by atoms with Gasteiger partial charge in [0.1, 0.15) is 21.0 Å². The molecule has 0 fully saturated rings. The Balaban J connectivity index is 1.50. The fraction of sp³-hybridized carbons (Fsp3) is 0.172. The van der Waals surface area contributed by atoms with Gasteiger partial charge in [0.05, 0.1) is 23.8 Å². The van der Waals surface area contributed by atoms with Gasteiger partial charge in [0.15, 0.2) is 5.65 Å². The lowest BCUT2D eigenvalue weighted by Crippen LogP contribution is -2.17. The van der Waals surface area contributed by atoms with E-state index in [1.807, 2.05) is 45.0 Å². The van der Waals surface area contributed by atoms with Crippen LogP contribution in [0.4, 0.5) is 14.5 Å². The molecule has 0 spiro atoms. The lowest BCUT2D eigenvalue weighted by atomic mass is 10.0. The number of nitrogens with two attached hydrogens (primary N) is 1. The minimum atomic E-state index is -2.86. The van der Waals surface area contributed by atoms with E-state index in [0.717, 1.165) is 33.9 Å². The van der Waals surface area contributed by atoms with Gasteiger partial charge in [0, 0.05) is 34.9 Å². The third-order valence-electron chi connectivity index (χ3n) is 7.05. The third kappa shape index (κ3) is 4.47. The molecule has 3 N–H and O–H groups in total. The van der Waals surface area contributed by atoms with Crippen LogP contribution in [0.25, 0.3) is 38.2 Å². The quantitative estimate of drug-likeness (QED) is 0.243. The van der Waals surface area contributed by atoms with Crippen LogP contribution >= 0.6 is 11.3 Å². The molecular formula is C29H24F2N8O2S. The first-order valence-electron chi connectivity index (χ1n) is 13.0. The minimum Gasteiger partial charge on any atom is -0.365 e. The highest BCUT2D eigenvalue weighted by atomic mass is 32.1. The summed E-state index contributed by atoms with van der Waals surface area (Å²) < 4.78 is 31.1. The van der Waals surface area contributed by atoms with Crippen LogP contribution in [0.1, 0.15) is 50.3 Å². The monoisotopic (exact) mass is 586 g/mol. The van der Waals surface area contributed by atoms with E-state index < -0.39 is 23.9 Å². The maximum absolute atomic E-state index is 13.9. The highest BCUT2D eigenvalue weighted by Gasteiger charge is 2.27. The Hall–Kier alpha value is -5.04. The Labute approximate surface area is 241 Å². The summed E-state index contributed by atoms with van der Waals surface area (Å²) in [6.45, 7) is 6.28. The van der Waals surface area contributed by atoms with Gasteiger partial charge in [-0.2, -0.15) is 10.2 Å². The van der Waals surface area contributed by atoms with Gasteiger partial charge in [0.2, 0.25) is 0 Å². The Kier molecular flexibility index (Phi) is 6.73. The van der Waals surface area contributed by atoms with Crippen LogP contribution in [-0.2, 0) is 6.54 Å². The molecule has 6 rings (SSSR count). The fourth-order valence-electron chi connectivity index (χ4n) is 4.94. The first-order valence-corrected chi connectivity index (χ1v) is 13.8. The molecular weight excluding hydrogens is 562 g/mol. The van der Waals surface area contributed by atoms with E-state index in [0.29, 0.717) is 28.7 Å². The molecule has 0 radical (unpaired) electrons. The molecule has 1 aromatic carbocycles. The summed E-state index contributed by atoms with van der Waals surface area (Å²) in [6.07, 6.45) is 1.68. The van der Waals surface area contributed by atoms with E-state index in [4.69, 9.17) is 5.73 Å². The SMILES string of the molecule is CCn1ncc(-c2cc(C(F)F)nc3sc(C(N)=O)c(NC(=O)c4cnn5c(-c6ccc(C)cc6)ccnc45)c23)c1C. The van der Waals surface area contributed by atoms with Crippen molar-refractivity contribution in [2.75, 3.05) is 5.32 Å². The molecule has 5 heterocycles. The number of primary amides is 1. The number of alkyl halides is 2. The molecule has 212 valence electrons. The molecule has 0 bridgehead atoms. The van der Waals surface area contributed by atoms with Crippen molar-refractivity contribution in [1.82, 2.24) is 29.4 Å². The number of hydrogen-bond donors (Lipinski definition) is 2. The van der Waals surface area contributed by atoms with Crippen molar-refractivity contribution < 1.29 is 18.4 Å². The summed E-state index contributed by atoms with van der Waals surface area (Å²) in [7, 11) is 0. The molecule has 13 heteroatoms. The molecule has 10 nitrogen and oxygen atoms in total. The third-order valence-corrected chi connectivity index (χ3v) is 8.15. The molecule has 2 amide bonds. The number of halogens is 2. The lowest BCUT2D eigenvalue weighted by molar-refractivity contribution is 0.100. The van der Waals surface area contributed by atoms with Crippen molar-refractivity contribution in [3.05, 3.63) is 82.4 Å². The van der Waals surface area contributed by atoms with E-state index in [1.54, 1.807) is 27.7 Å². The van der Waals surface area contributed by atoms with Crippen LogP contribution in [-0.4, -0.2) is 41.2 Å². The minimum absolute atomic E-state index is 0.0242. The Bertz CT molecular complexity index is 2010. The Morgan fingerprint density at radius 2 is 1.83 bits per heavy atom. The summed E-state index contributed by atoms with van der Waals surface area (Å²) in [5, 5.41) is 11.9. The maximum Gasteiger partial charge on any atom is 0.280 e. The topological polar surface area (TPSA) is 133 Å². The van der Waals surface area contributed by atoms with Crippen molar-refractivity contribution in [2.24, 2.45) is 5.73 Å². The summed E-state index contributed by atoms with van der Waals surface area (Å²) in [4.78, 5) is 34.9. The number of thiophene rings is 1. The van der Waals surface area contributed by atoms with Gasteiger partial charge in [-0.25, -0.2) is 23.3 Å². The average molecular weight is 587 g/mol. The Morgan fingerprint density at radius 1 is 1.07 bits per heavy atom. The molecule has 6 aromatic rings. The average Bonchev–Trinajstić information content (AvgIpc) is 3.68. The summed E-state index contributed by atoms with van der Waals surface area (Å²) in [6, 6.07) is 10.9. The largest absolute Gasteiger partial charge is 0.365 e. The van der Waals surface area contributed by atoms with E-state index >= 15 is 0 Å². The normalized spacial score (nSPS) is 11.6. The van der Waals surface area contributed by atoms with Gasteiger partial charge < -0.3 is 11.1 Å². The van der Waals surface area contributed by atoms with E-state index in [1.165, 1.54) is 12.3 Å². The van der Waals surface area contributed by atoms with E-state index in [-0.39, 0.29) is 21.0 Å². The van der Waals surface area contributed by atoms with Gasteiger partial charge in [-0.05, 0) is 38.5 Å². The molecule has 0 saturated carbocycles. The first kappa shape index (κ1) is 27.1. The fourth-order valence-corrected chi connectivity index (χ4v) is 5.95. The van der Waals surface area contributed by atoms with Crippen molar-refractivity contribution in [3.8, 4) is 22.4 Å². The van der Waals surface area contributed by atoms with Gasteiger partial charge in [-0.1, -0.05) is 29.8 Å². The number of benzene rings is 1. The molecule has 0 aliphatic rings. The number of carbonyl (C=O) groups excluding carboxylic acids is 2. The number of nitrogens with one attached hydrogen (secondary N) is 1. The molecule has 0 aliphatic heterocycles. The lowest BCUT2D eigenvalue weighted by Gasteiger charge is -2.11. The number of aromatic nitrogens is 6. The summed E-state index contributed by atoms with van der Waals surface area (Å²) >= 11 is 0.837. The summed E-state index contributed by atoms with van der Waals surface area (Å²) in [5.74, 6) is -1.44. The van der Waals surface area contributed by atoms with Crippen LogP contribution < -0.4 is 11.1 Å². The van der Waals surface area contributed by atoms with Gasteiger partial charge in [-0.15, -0.1) is 11.3 Å². The van der Waals surface area contributed by atoms with Crippen molar-refractivity contribution in [3.63, 3.8) is 0 Å². The van der Waals surface area contributed by atoms with Gasteiger partial charge in [0.25, 0.3) is 18.2 Å². The number of anilines is 1. The number of rotatable bonds is 7. The summed E-state index contributed by atoms with van der Waals surface area (Å²) in [5.41, 5.74) is 10.1. The number of fused-ring (bicyclic) bond motifs is 2. The second-order valence-electron chi connectivity index (χ2n) is 9.65. The zero-order valence-corrected chi connectivity index (χ0v) is 23.5. The number of hydrogen-bond acceptors (Lipinski definition) is 7.